The van der Waals surface area contributed by atoms with Crippen LogP contribution in [-0.2, 0) is 5.75 Å². The van der Waals surface area contributed by atoms with Crippen LogP contribution in [0.25, 0.3) is 0 Å². The Balaban J connectivity index is 3.41. The van der Waals surface area contributed by atoms with E-state index in [0.29, 0.717) is 6.07 Å². The zero-order chi connectivity index (χ0) is 11.6. The van der Waals surface area contributed by atoms with Crippen molar-refractivity contribution in [1.29, 1.82) is 0 Å². The number of hydrogen-bond donors (Lipinski definition) is 1. The lowest BCUT2D eigenvalue weighted by molar-refractivity contribution is -0.384. The largest absolute Gasteiger partial charge is 0.393 e. The van der Waals surface area contributed by atoms with Crippen LogP contribution < -0.4 is 5.73 Å². The first-order chi connectivity index (χ1) is 6.99. The van der Waals surface area contributed by atoms with Crippen LogP contribution in [0.4, 0.5) is 20.2 Å². The first-order valence-electron chi connectivity index (χ1n) is 3.88. The number of benzene rings is 1. The first kappa shape index (κ1) is 11.7. The molecule has 0 aliphatic rings. The van der Waals surface area contributed by atoms with E-state index < -0.39 is 22.2 Å². The van der Waals surface area contributed by atoms with Crippen LogP contribution in [0.1, 0.15) is 5.56 Å². The molecular weight excluding hydrogens is 226 g/mol. The lowest BCUT2D eigenvalue weighted by atomic mass is 10.1. The molecule has 1 aromatic carbocycles. The summed E-state index contributed by atoms with van der Waals surface area (Å²) in [4.78, 5) is 9.64. The predicted octanol–water partition coefficient (Wildman–Crippen LogP) is 2.32. The maximum Gasteiger partial charge on any atom is 0.295 e. The van der Waals surface area contributed by atoms with E-state index in [1.54, 1.807) is 6.26 Å². The van der Waals surface area contributed by atoms with E-state index in [1.807, 2.05) is 0 Å². The Kier molecular flexibility index (Phi) is 3.46. The number of nitrogens with two attached hydrogens (primary N) is 1. The van der Waals surface area contributed by atoms with Gasteiger partial charge in [-0.2, -0.15) is 11.8 Å². The molecule has 0 saturated carbocycles. The molecule has 0 heterocycles. The fourth-order valence-corrected chi connectivity index (χ4v) is 1.69. The second kappa shape index (κ2) is 4.43. The van der Waals surface area contributed by atoms with Gasteiger partial charge in [-0.3, -0.25) is 10.1 Å². The topological polar surface area (TPSA) is 69.2 Å². The quantitative estimate of drug-likeness (QED) is 0.495. The van der Waals surface area contributed by atoms with E-state index in [2.05, 4.69) is 0 Å². The van der Waals surface area contributed by atoms with Crippen LogP contribution in [0.2, 0.25) is 0 Å². The van der Waals surface area contributed by atoms with Gasteiger partial charge in [-0.1, -0.05) is 0 Å². The molecule has 0 aliphatic heterocycles. The van der Waals surface area contributed by atoms with Gasteiger partial charge < -0.3 is 5.73 Å². The molecule has 0 aliphatic carbocycles. The molecule has 0 aromatic heterocycles. The summed E-state index contributed by atoms with van der Waals surface area (Å²) in [7, 11) is 0. The predicted molar refractivity (Wildman–Crippen MR) is 54.6 cm³/mol. The van der Waals surface area contributed by atoms with Crippen LogP contribution in [0.5, 0.6) is 0 Å². The van der Waals surface area contributed by atoms with Gasteiger partial charge in [-0.05, 0) is 6.26 Å². The van der Waals surface area contributed by atoms with Crippen LogP contribution in [0.3, 0.4) is 0 Å². The number of hydrogen-bond acceptors (Lipinski definition) is 4. The molecule has 0 fully saturated rings. The van der Waals surface area contributed by atoms with Gasteiger partial charge in [0.15, 0.2) is 11.6 Å². The molecule has 0 radical (unpaired) electrons. The minimum absolute atomic E-state index is 0.0935. The number of nitrogen functional groups attached to an aromatic ring is 1. The third kappa shape index (κ3) is 2.17. The van der Waals surface area contributed by atoms with Crippen LogP contribution in [-0.4, -0.2) is 11.2 Å². The van der Waals surface area contributed by atoms with Gasteiger partial charge in [-0.25, -0.2) is 8.78 Å². The van der Waals surface area contributed by atoms with Crippen molar-refractivity contribution in [2.75, 3.05) is 12.0 Å². The molecule has 2 N–H and O–H groups in total. The third-order valence-electron chi connectivity index (χ3n) is 1.82. The Morgan fingerprint density at radius 3 is 2.67 bits per heavy atom. The normalized spacial score (nSPS) is 10.3. The van der Waals surface area contributed by atoms with E-state index in [9.17, 15) is 18.9 Å². The summed E-state index contributed by atoms with van der Waals surface area (Å²) in [6.07, 6.45) is 1.66. The number of anilines is 1. The summed E-state index contributed by atoms with van der Waals surface area (Å²) >= 11 is 1.20. The molecular formula is C8H8F2N2O2S. The highest BCUT2D eigenvalue weighted by Gasteiger charge is 2.22. The molecule has 0 atom stereocenters. The van der Waals surface area contributed by atoms with Gasteiger partial charge >= 0.3 is 0 Å². The molecule has 0 unspecified atom stereocenters. The van der Waals surface area contributed by atoms with Gasteiger partial charge in [0.05, 0.1) is 11.0 Å². The summed E-state index contributed by atoms with van der Waals surface area (Å²) in [5.74, 6) is -2.27. The summed E-state index contributed by atoms with van der Waals surface area (Å²) in [6.45, 7) is 0. The zero-order valence-electron chi connectivity index (χ0n) is 7.79. The van der Waals surface area contributed by atoms with Crippen molar-refractivity contribution in [2.24, 2.45) is 0 Å². The van der Waals surface area contributed by atoms with Crippen LogP contribution >= 0.6 is 11.8 Å². The lowest BCUT2D eigenvalue weighted by Gasteiger charge is -2.06. The average Bonchev–Trinajstić information content (AvgIpc) is 2.18. The molecule has 0 amide bonds. The van der Waals surface area contributed by atoms with Gasteiger partial charge in [0.1, 0.15) is 5.69 Å². The van der Waals surface area contributed by atoms with Crippen molar-refractivity contribution in [3.05, 3.63) is 33.4 Å². The summed E-state index contributed by atoms with van der Waals surface area (Å²) in [5.41, 5.74) is 4.31. The standard InChI is InChI=1S/C8H8F2N2O2S/c1-15-3-4-7(10)5(9)2-6(8(4)11)12(13)14/h2H,3,11H2,1H3. The van der Waals surface area contributed by atoms with Crippen molar-refractivity contribution in [2.45, 2.75) is 5.75 Å². The average molecular weight is 234 g/mol. The zero-order valence-corrected chi connectivity index (χ0v) is 8.61. The molecule has 0 saturated heterocycles. The van der Waals surface area contributed by atoms with E-state index in [1.165, 1.54) is 11.8 Å². The Morgan fingerprint density at radius 2 is 2.20 bits per heavy atom. The number of halogens is 2. The smallest absolute Gasteiger partial charge is 0.295 e. The molecule has 82 valence electrons. The van der Waals surface area contributed by atoms with Gasteiger partial charge in [0, 0.05) is 11.3 Å². The molecule has 4 nitrogen and oxygen atoms in total. The summed E-state index contributed by atoms with van der Waals surface area (Å²) in [6, 6.07) is 0.495. The second-order valence-corrected chi connectivity index (χ2v) is 3.64. The highest BCUT2D eigenvalue weighted by Crippen LogP contribution is 2.31. The van der Waals surface area contributed by atoms with Crippen molar-refractivity contribution in [1.82, 2.24) is 0 Å². The highest BCUT2D eigenvalue weighted by atomic mass is 32.2. The molecule has 1 rings (SSSR count). The molecule has 0 bridgehead atoms. The minimum Gasteiger partial charge on any atom is -0.393 e. The Labute approximate surface area is 88.6 Å². The van der Waals surface area contributed by atoms with E-state index in [0.717, 1.165) is 0 Å². The number of nitro groups is 1. The minimum atomic E-state index is -1.25. The number of nitro benzene ring substituents is 1. The Hall–Kier alpha value is -1.37. The molecule has 15 heavy (non-hydrogen) atoms. The van der Waals surface area contributed by atoms with Crippen molar-refractivity contribution in [3.63, 3.8) is 0 Å². The Morgan fingerprint density at radius 1 is 1.60 bits per heavy atom. The highest BCUT2D eigenvalue weighted by molar-refractivity contribution is 7.97. The fourth-order valence-electron chi connectivity index (χ4n) is 1.11. The molecule has 7 heteroatoms. The molecule has 1 aromatic rings. The lowest BCUT2D eigenvalue weighted by Crippen LogP contribution is -2.04. The summed E-state index contributed by atoms with van der Waals surface area (Å²) < 4.78 is 26.2. The van der Waals surface area contributed by atoms with Crippen molar-refractivity contribution >= 4 is 23.1 Å². The fraction of sp³-hybridized carbons (Fsp3) is 0.250. The monoisotopic (exact) mass is 234 g/mol. The Bertz CT molecular complexity index is 412. The van der Waals surface area contributed by atoms with Crippen LogP contribution in [0.15, 0.2) is 6.07 Å². The first-order valence-corrected chi connectivity index (χ1v) is 5.28. The number of thioether (sulfide) groups is 1. The van der Waals surface area contributed by atoms with Gasteiger partial charge in [0.25, 0.3) is 5.69 Å². The van der Waals surface area contributed by atoms with E-state index in [-0.39, 0.29) is 17.0 Å². The van der Waals surface area contributed by atoms with Crippen LogP contribution in [0, 0.1) is 21.7 Å². The van der Waals surface area contributed by atoms with E-state index >= 15 is 0 Å². The maximum absolute atomic E-state index is 13.2. The van der Waals surface area contributed by atoms with E-state index in [4.69, 9.17) is 5.73 Å². The third-order valence-corrected chi connectivity index (χ3v) is 2.40. The maximum atomic E-state index is 13.2. The SMILES string of the molecule is CSCc1c(N)c([N+](=O)[O-])cc(F)c1F. The number of rotatable bonds is 3. The van der Waals surface area contributed by atoms with Crippen molar-refractivity contribution < 1.29 is 13.7 Å². The number of nitrogens with zero attached hydrogens (tertiary/aromatic N) is 1. The van der Waals surface area contributed by atoms with Gasteiger partial charge in [-0.15, -0.1) is 0 Å². The van der Waals surface area contributed by atoms with Gasteiger partial charge in [0.2, 0.25) is 0 Å². The van der Waals surface area contributed by atoms with Crippen molar-refractivity contribution in [3.8, 4) is 0 Å². The second-order valence-electron chi connectivity index (χ2n) is 2.77. The summed E-state index contributed by atoms with van der Waals surface area (Å²) in [5, 5.41) is 10.5. The molecule has 0 spiro atoms.